The molecule has 1 aliphatic heterocycles. The van der Waals surface area contributed by atoms with Gasteiger partial charge in [-0.2, -0.15) is 14.8 Å². The first-order valence-electron chi connectivity index (χ1n) is 14.3. The van der Waals surface area contributed by atoms with Crippen molar-refractivity contribution in [3.05, 3.63) is 126 Å². The molecule has 0 bridgehead atoms. The van der Waals surface area contributed by atoms with Crippen LogP contribution in [0.25, 0.3) is 22.8 Å². The number of benzene rings is 4. The zero-order valence-electron chi connectivity index (χ0n) is 25.2. The first kappa shape index (κ1) is 27.2. The minimum atomic E-state index is -0.0727. The first-order chi connectivity index (χ1) is 20.3. The van der Waals surface area contributed by atoms with Crippen molar-refractivity contribution in [2.24, 2.45) is 17.3 Å². The van der Waals surface area contributed by atoms with Crippen LogP contribution in [-0.2, 0) is 12.5 Å². The highest BCUT2D eigenvalue weighted by Crippen LogP contribution is 2.46. The van der Waals surface area contributed by atoms with Gasteiger partial charge in [-0.1, -0.05) is 56.3 Å². The van der Waals surface area contributed by atoms with Crippen LogP contribution >= 0.6 is 0 Å². The van der Waals surface area contributed by atoms with Crippen molar-refractivity contribution in [2.75, 3.05) is 30.9 Å². The van der Waals surface area contributed by atoms with Gasteiger partial charge in [0.05, 0.1) is 18.4 Å². The van der Waals surface area contributed by atoms with Gasteiger partial charge in [0.15, 0.2) is 11.0 Å². The minimum absolute atomic E-state index is 0.0727. The summed E-state index contributed by atoms with van der Waals surface area (Å²) in [6.07, 6.45) is 6.61. The number of imidazole rings is 1. The van der Waals surface area contributed by atoms with Crippen LogP contribution in [0.2, 0.25) is 0 Å². The van der Waals surface area contributed by atoms with Crippen LogP contribution < -0.4 is 14.4 Å². The number of anilines is 2. The molecule has 6 nitrogen and oxygen atoms in total. The van der Waals surface area contributed by atoms with Crippen molar-refractivity contribution in [3.8, 4) is 5.69 Å². The fourth-order valence-corrected chi connectivity index (χ4v) is 5.92. The van der Waals surface area contributed by atoms with Gasteiger partial charge >= 0.3 is 0 Å². The molecule has 0 saturated carbocycles. The number of rotatable bonds is 6. The van der Waals surface area contributed by atoms with E-state index in [2.05, 4.69) is 148 Å². The Balaban J connectivity index is 1.39. The average Bonchev–Trinajstić information content (AvgIpc) is 3.39. The number of likely N-dealkylation sites (N-methyl/N-ethyl adjacent to an activating group) is 1. The lowest BCUT2D eigenvalue weighted by Gasteiger charge is -2.23. The van der Waals surface area contributed by atoms with Crippen molar-refractivity contribution in [3.63, 3.8) is 0 Å². The fraction of sp³-hybridized carbons (Fsp3) is 0.194. The van der Waals surface area contributed by atoms with E-state index in [0.717, 1.165) is 39.6 Å². The molecule has 0 N–H and O–H groups in total. The fourth-order valence-electron chi connectivity index (χ4n) is 5.92. The summed E-state index contributed by atoms with van der Waals surface area (Å²) in [7, 11) is 8.32. The Bertz CT molecular complexity index is 1840. The highest BCUT2D eigenvalue weighted by molar-refractivity contribution is 5.80. The van der Waals surface area contributed by atoms with E-state index in [9.17, 15) is 0 Å². The lowest BCUT2D eigenvalue weighted by Crippen LogP contribution is -2.30. The highest BCUT2D eigenvalue weighted by Gasteiger charge is 2.37. The van der Waals surface area contributed by atoms with E-state index in [4.69, 9.17) is 0 Å². The Morgan fingerprint density at radius 3 is 2.19 bits per heavy atom. The number of fused-ring (bicyclic) bond motifs is 2. The van der Waals surface area contributed by atoms with Crippen LogP contribution in [0.15, 0.2) is 125 Å². The number of hydrogen-bond acceptors (Lipinski definition) is 4. The molecule has 1 aromatic heterocycles. The molecule has 210 valence electrons. The summed E-state index contributed by atoms with van der Waals surface area (Å²) in [4.78, 5) is 4.37. The number of nitrogens with zero attached hydrogens (tertiary/aromatic N) is 6. The molecular formula is C36H37N6+. The number of para-hydroxylation sites is 2. The molecule has 4 aromatic carbocycles. The molecule has 42 heavy (non-hydrogen) atoms. The van der Waals surface area contributed by atoms with Gasteiger partial charge in [-0.05, 0) is 66.2 Å². The molecule has 0 radical (unpaired) electrons. The Labute approximate surface area is 248 Å². The third-order valence-corrected chi connectivity index (χ3v) is 8.24. The van der Waals surface area contributed by atoms with Crippen molar-refractivity contribution in [2.45, 2.75) is 19.3 Å². The normalized spacial score (nSPS) is 15.4. The second-order valence-corrected chi connectivity index (χ2v) is 11.5. The maximum Gasteiger partial charge on any atom is 0.287 e. The van der Waals surface area contributed by atoms with Gasteiger partial charge in [-0.15, -0.1) is 0 Å². The quantitative estimate of drug-likeness (QED) is 0.157. The molecule has 0 atom stereocenters. The first-order valence-corrected chi connectivity index (χ1v) is 14.3. The number of allylic oxidation sites excluding steroid dienone is 3. The van der Waals surface area contributed by atoms with Crippen molar-refractivity contribution >= 4 is 39.9 Å². The van der Waals surface area contributed by atoms with Gasteiger partial charge in [0.1, 0.15) is 5.69 Å². The predicted molar refractivity (Wildman–Crippen MR) is 174 cm³/mol. The van der Waals surface area contributed by atoms with Crippen LogP contribution in [0.5, 0.6) is 0 Å². The van der Waals surface area contributed by atoms with Gasteiger partial charge in [-0.3, -0.25) is 0 Å². The van der Waals surface area contributed by atoms with Crippen LogP contribution in [0.1, 0.15) is 25.2 Å². The van der Waals surface area contributed by atoms with Crippen LogP contribution in [0.3, 0.4) is 0 Å². The minimum Gasteiger partial charge on any atom is -0.378 e. The van der Waals surface area contributed by atoms with Gasteiger partial charge in [-0.25, -0.2) is 4.57 Å². The number of hydrogen-bond donors (Lipinski definition) is 0. The molecule has 5 aromatic rings. The number of aryl methyl sites for hydroxylation is 1. The summed E-state index contributed by atoms with van der Waals surface area (Å²) in [5, 5.41) is 9.06. The van der Waals surface area contributed by atoms with E-state index in [1.54, 1.807) is 0 Å². The van der Waals surface area contributed by atoms with E-state index < -0.39 is 0 Å². The van der Waals surface area contributed by atoms with E-state index in [-0.39, 0.29) is 5.41 Å². The molecule has 6 rings (SSSR count). The van der Waals surface area contributed by atoms with Crippen LogP contribution in [-0.4, -0.2) is 25.7 Å². The molecule has 1 aliphatic rings. The summed E-state index contributed by atoms with van der Waals surface area (Å²) >= 11 is 0. The molecule has 0 saturated heterocycles. The third-order valence-electron chi connectivity index (χ3n) is 8.24. The largest absolute Gasteiger partial charge is 0.378 e. The molecule has 6 heteroatoms. The second-order valence-electron chi connectivity index (χ2n) is 11.5. The Morgan fingerprint density at radius 1 is 0.810 bits per heavy atom. The van der Waals surface area contributed by atoms with E-state index in [0.29, 0.717) is 0 Å². The predicted octanol–water partition coefficient (Wildman–Crippen LogP) is 8.26. The lowest BCUT2D eigenvalue weighted by atomic mass is 9.84. The monoisotopic (exact) mass is 553 g/mol. The maximum absolute atomic E-state index is 4.57. The zero-order chi connectivity index (χ0) is 29.4. The molecular weight excluding hydrogens is 516 g/mol. The number of azo groups is 1. The summed E-state index contributed by atoms with van der Waals surface area (Å²) in [6.45, 7) is 4.59. The summed E-state index contributed by atoms with van der Waals surface area (Å²) in [5.74, 6) is 1.07. The van der Waals surface area contributed by atoms with Crippen LogP contribution in [0, 0.1) is 0 Å². The van der Waals surface area contributed by atoms with Crippen molar-refractivity contribution in [1.29, 1.82) is 0 Å². The molecule has 0 spiro atoms. The van der Waals surface area contributed by atoms with Gasteiger partial charge < -0.3 is 9.80 Å². The SMILES string of the molecule is CN(C)c1ccc(N=Nc2ccc3c(c2)[n+](C)c(/C=C/C=C2/N(C)c4ccccc4C2(C)C)n3-c2ccccc2)cc1. The lowest BCUT2D eigenvalue weighted by molar-refractivity contribution is -0.647. The van der Waals surface area contributed by atoms with Crippen LogP contribution in [0.4, 0.5) is 22.7 Å². The average molecular weight is 554 g/mol. The van der Waals surface area contributed by atoms with Crippen molar-refractivity contribution < 1.29 is 4.57 Å². The van der Waals surface area contributed by atoms with E-state index in [1.807, 2.05) is 38.4 Å². The third kappa shape index (κ3) is 4.79. The molecule has 0 unspecified atom stereocenters. The molecule has 2 heterocycles. The van der Waals surface area contributed by atoms with Crippen molar-refractivity contribution in [1.82, 2.24) is 4.57 Å². The standard InChI is InChI=1S/C36H37N6/c1-36(2)30-15-10-11-16-31(30)40(5)34(36)17-12-18-35-41(6)33-25-27(38-37-26-19-22-28(23-20-26)39(3)4)21-24-32(33)42(35)29-13-8-7-9-14-29/h7-25H,1-6H3/q+1. The maximum atomic E-state index is 4.57. The summed E-state index contributed by atoms with van der Waals surface area (Å²) < 4.78 is 4.52. The summed E-state index contributed by atoms with van der Waals surface area (Å²) in [6, 6.07) is 33.5. The number of aromatic nitrogens is 2. The Hall–Kier alpha value is -4.97. The van der Waals surface area contributed by atoms with E-state index >= 15 is 0 Å². The van der Waals surface area contributed by atoms with Gasteiger partial charge in [0.25, 0.3) is 5.82 Å². The highest BCUT2D eigenvalue weighted by atomic mass is 15.2. The molecule has 0 fully saturated rings. The second kappa shape index (κ2) is 10.8. The topological polar surface area (TPSA) is 40.0 Å². The van der Waals surface area contributed by atoms with Gasteiger partial charge in [0, 0.05) is 55.8 Å². The Kier molecular flexibility index (Phi) is 6.99. The summed E-state index contributed by atoms with van der Waals surface area (Å²) in [5.41, 5.74) is 9.88. The molecule has 0 aliphatic carbocycles. The smallest absolute Gasteiger partial charge is 0.287 e. The zero-order valence-corrected chi connectivity index (χ0v) is 25.2. The van der Waals surface area contributed by atoms with E-state index in [1.165, 1.54) is 16.9 Å². The van der Waals surface area contributed by atoms with Gasteiger partial charge in [0.2, 0.25) is 0 Å². The Morgan fingerprint density at radius 2 is 1.48 bits per heavy atom. The molecule has 0 amide bonds.